The molecule has 0 aromatic heterocycles. The van der Waals surface area contributed by atoms with Gasteiger partial charge < -0.3 is 0 Å². The fourth-order valence-electron chi connectivity index (χ4n) is 2.56. The highest BCUT2D eigenvalue weighted by atomic mass is 32.2. The minimum Gasteiger partial charge on any atom is -0.207 e. The highest BCUT2D eigenvalue weighted by Crippen LogP contribution is 2.25. The third kappa shape index (κ3) is 3.02. The van der Waals surface area contributed by atoms with Crippen LogP contribution in [0.25, 0.3) is 0 Å². The van der Waals surface area contributed by atoms with Crippen LogP contribution in [0.5, 0.6) is 0 Å². The SMILES string of the molecule is Cc1ccc(C#N)cc1S(=O)(=O)N1CCCC(C)CC1. The summed E-state index contributed by atoms with van der Waals surface area (Å²) in [4.78, 5) is 0.270. The third-order valence-electron chi connectivity index (χ3n) is 3.91. The van der Waals surface area contributed by atoms with Gasteiger partial charge in [-0.3, -0.25) is 0 Å². The molecule has 20 heavy (non-hydrogen) atoms. The average Bonchev–Trinajstić information content (AvgIpc) is 2.64. The summed E-state index contributed by atoms with van der Waals surface area (Å²) in [6, 6.07) is 6.84. The van der Waals surface area contributed by atoms with Crippen LogP contribution in [-0.4, -0.2) is 25.8 Å². The summed E-state index contributed by atoms with van der Waals surface area (Å²) >= 11 is 0. The van der Waals surface area contributed by atoms with Gasteiger partial charge in [0.1, 0.15) is 0 Å². The van der Waals surface area contributed by atoms with Gasteiger partial charge in [0.25, 0.3) is 0 Å². The Kier molecular flexibility index (Phi) is 4.46. The number of nitrogens with zero attached hydrogens (tertiary/aromatic N) is 2. The zero-order valence-corrected chi connectivity index (χ0v) is 12.8. The third-order valence-corrected chi connectivity index (χ3v) is 5.95. The summed E-state index contributed by atoms with van der Waals surface area (Å²) in [5.41, 5.74) is 1.08. The Morgan fingerprint density at radius 2 is 2.05 bits per heavy atom. The molecule has 1 aromatic rings. The monoisotopic (exact) mass is 292 g/mol. The second-order valence-corrected chi connectivity index (χ2v) is 7.44. The van der Waals surface area contributed by atoms with Gasteiger partial charge in [-0.05, 0) is 49.8 Å². The lowest BCUT2D eigenvalue weighted by molar-refractivity contribution is 0.416. The van der Waals surface area contributed by atoms with Crippen LogP contribution in [0.2, 0.25) is 0 Å². The van der Waals surface area contributed by atoms with E-state index in [4.69, 9.17) is 5.26 Å². The first-order chi connectivity index (χ1) is 9.45. The van der Waals surface area contributed by atoms with Gasteiger partial charge in [-0.1, -0.05) is 13.0 Å². The number of benzene rings is 1. The van der Waals surface area contributed by atoms with E-state index in [1.807, 2.05) is 6.07 Å². The van der Waals surface area contributed by atoms with Crippen LogP contribution in [0.1, 0.15) is 37.3 Å². The maximum Gasteiger partial charge on any atom is 0.243 e. The molecule has 1 unspecified atom stereocenters. The summed E-state index contributed by atoms with van der Waals surface area (Å²) in [6.07, 6.45) is 2.87. The van der Waals surface area contributed by atoms with Gasteiger partial charge in [-0.15, -0.1) is 0 Å². The molecule has 1 aliphatic rings. The average molecular weight is 292 g/mol. The maximum atomic E-state index is 12.8. The maximum absolute atomic E-state index is 12.8. The number of hydrogen-bond donors (Lipinski definition) is 0. The van der Waals surface area contributed by atoms with Crippen LogP contribution >= 0.6 is 0 Å². The fraction of sp³-hybridized carbons (Fsp3) is 0.533. The Hall–Kier alpha value is -1.38. The number of hydrogen-bond acceptors (Lipinski definition) is 3. The van der Waals surface area contributed by atoms with E-state index in [9.17, 15) is 8.42 Å². The van der Waals surface area contributed by atoms with Crippen molar-refractivity contribution in [3.63, 3.8) is 0 Å². The van der Waals surface area contributed by atoms with Gasteiger partial charge in [0, 0.05) is 13.1 Å². The van der Waals surface area contributed by atoms with Crippen molar-refractivity contribution >= 4 is 10.0 Å². The molecule has 0 saturated carbocycles. The van der Waals surface area contributed by atoms with Gasteiger partial charge in [0.15, 0.2) is 0 Å². The van der Waals surface area contributed by atoms with Crippen molar-refractivity contribution in [3.8, 4) is 6.07 Å². The quantitative estimate of drug-likeness (QED) is 0.842. The number of sulfonamides is 1. The summed E-state index contributed by atoms with van der Waals surface area (Å²) in [5.74, 6) is 0.571. The predicted molar refractivity (Wildman–Crippen MR) is 77.7 cm³/mol. The summed E-state index contributed by atoms with van der Waals surface area (Å²) in [6.45, 7) is 5.08. The minimum absolute atomic E-state index is 0.270. The van der Waals surface area contributed by atoms with Gasteiger partial charge >= 0.3 is 0 Å². The highest BCUT2D eigenvalue weighted by molar-refractivity contribution is 7.89. The lowest BCUT2D eigenvalue weighted by Crippen LogP contribution is -2.32. The van der Waals surface area contributed by atoms with E-state index in [0.717, 1.165) is 19.3 Å². The van der Waals surface area contributed by atoms with Gasteiger partial charge in [0.05, 0.1) is 16.5 Å². The number of aryl methyl sites for hydroxylation is 1. The molecule has 1 aliphatic heterocycles. The van der Waals surface area contributed by atoms with Gasteiger partial charge in [0.2, 0.25) is 10.0 Å². The molecule has 1 aromatic carbocycles. The molecule has 2 rings (SSSR count). The van der Waals surface area contributed by atoms with Crippen LogP contribution in [-0.2, 0) is 10.0 Å². The van der Waals surface area contributed by atoms with E-state index in [1.54, 1.807) is 23.4 Å². The fourth-order valence-corrected chi connectivity index (χ4v) is 4.31. The molecular formula is C15H20N2O2S. The second-order valence-electron chi connectivity index (χ2n) is 5.53. The van der Waals surface area contributed by atoms with Crippen LogP contribution in [0.4, 0.5) is 0 Å². The normalized spacial score (nSPS) is 21.1. The molecule has 1 fully saturated rings. The Bertz CT molecular complexity index is 632. The van der Waals surface area contributed by atoms with Crippen molar-refractivity contribution < 1.29 is 8.42 Å². The molecule has 0 amide bonds. The Labute approximate surface area is 121 Å². The number of nitriles is 1. The first kappa shape index (κ1) is 15.0. The molecule has 0 bridgehead atoms. The predicted octanol–water partition coefficient (Wildman–Crippen LogP) is 2.68. The lowest BCUT2D eigenvalue weighted by Gasteiger charge is -2.21. The van der Waals surface area contributed by atoms with E-state index in [1.165, 1.54) is 6.07 Å². The zero-order chi connectivity index (χ0) is 14.8. The summed E-state index contributed by atoms with van der Waals surface area (Å²) in [7, 11) is -3.49. The van der Waals surface area contributed by atoms with E-state index in [2.05, 4.69) is 6.92 Å². The Morgan fingerprint density at radius 3 is 2.75 bits per heavy atom. The van der Waals surface area contributed by atoms with Crippen molar-refractivity contribution in [1.82, 2.24) is 4.31 Å². The first-order valence-electron chi connectivity index (χ1n) is 6.96. The van der Waals surface area contributed by atoms with Gasteiger partial charge in [-0.25, -0.2) is 8.42 Å². The van der Waals surface area contributed by atoms with Crippen LogP contribution in [0, 0.1) is 24.2 Å². The zero-order valence-electron chi connectivity index (χ0n) is 12.0. The number of rotatable bonds is 2. The first-order valence-corrected chi connectivity index (χ1v) is 8.40. The molecule has 0 N–H and O–H groups in total. The molecule has 4 nitrogen and oxygen atoms in total. The molecule has 1 saturated heterocycles. The largest absolute Gasteiger partial charge is 0.243 e. The lowest BCUT2D eigenvalue weighted by atomic mass is 10.0. The molecule has 5 heteroatoms. The second kappa shape index (κ2) is 5.94. The van der Waals surface area contributed by atoms with Crippen LogP contribution < -0.4 is 0 Å². The van der Waals surface area contributed by atoms with E-state index < -0.39 is 10.0 Å². The van der Waals surface area contributed by atoms with Crippen LogP contribution in [0.15, 0.2) is 23.1 Å². The van der Waals surface area contributed by atoms with Crippen molar-refractivity contribution in [2.75, 3.05) is 13.1 Å². The molecule has 0 aliphatic carbocycles. The molecule has 1 heterocycles. The molecule has 108 valence electrons. The van der Waals surface area contributed by atoms with Crippen molar-refractivity contribution in [3.05, 3.63) is 29.3 Å². The van der Waals surface area contributed by atoms with Crippen molar-refractivity contribution in [1.29, 1.82) is 5.26 Å². The molecule has 0 spiro atoms. The topological polar surface area (TPSA) is 61.2 Å². The summed E-state index contributed by atoms with van der Waals surface area (Å²) in [5, 5.41) is 8.95. The molecule has 0 radical (unpaired) electrons. The summed E-state index contributed by atoms with van der Waals surface area (Å²) < 4.78 is 27.1. The smallest absolute Gasteiger partial charge is 0.207 e. The molecular weight excluding hydrogens is 272 g/mol. The van der Waals surface area contributed by atoms with Crippen molar-refractivity contribution in [2.24, 2.45) is 5.92 Å². The van der Waals surface area contributed by atoms with E-state index in [0.29, 0.717) is 30.1 Å². The minimum atomic E-state index is -3.49. The van der Waals surface area contributed by atoms with E-state index >= 15 is 0 Å². The Balaban J connectivity index is 2.37. The van der Waals surface area contributed by atoms with E-state index in [-0.39, 0.29) is 4.90 Å². The standard InChI is InChI=1S/C15H20N2O2S/c1-12-4-3-8-17(9-7-12)20(18,19)15-10-14(11-16)6-5-13(15)2/h5-6,10,12H,3-4,7-9H2,1-2H3. The van der Waals surface area contributed by atoms with Crippen molar-refractivity contribution in [2.45, 2.75) is 38.0 Å². The Morgan fingerprint density at radius 1 is 1.30 bits per heavy atom. The molecule has 1 atom stereocenters. The van der Waals surface area contributed by atoms with Gasteiger partial charge in [-0.2, -0.15) is 9.57 Å². The highest BCUT2D eigenvalue weighted by Gasteiger charge is 2.28. The van der Waals surface area contributed by atoms with Crippen LogP contribution in [0.3, 0.4) is 0 Å².